The number of carbonyl (C=O) groups is 3. The van der Waals surface area contributed by atoms with Crippen molar-refractivity contribution in [2.45, 2.75) is 226 Å². The van der Waals surface area contributed by atoms with E-state index in [0.717, 1.165) is 96.3 Å². The lowest BCUT2D eigenvalue weighted by atomic mass is 10.1. The van der Waals surface area contributed by atoms with E-state index in [1.807, 2.05) is 0 Å². The van der Waals surface area contributed by atoms with Crippen LogP contribution in [0, 0.1) is 0 Å². The highest BCUT2D eigenvalue weighted by molar-refractivity contribution is 5.71. The second-order valence-corrected chi connectivity index (χ2v) is 15.0. The fraction of sp³-hybridized carbons (Fsp3) is 0.771. The highest BCUT2D eigenvalue weighted by atomic mass is 16.6. The maximum Gasteiger partial charge on any atom is 0.306 e. The molecule has 6 heteroatoms. The van der Waals surface area contributed by atoms with E-state index in [9.17, 15) is 14.4 Å². The number of rotatable bonds is 40. The topological polar surface area (TPSA) is 78.9 Å². The predicted molar refractivity (Wildman–Crippen MR) is 229 cm³/mol. The Bertz CT molecular complexity index is 964. The van der Waals surface area contributed by atoms with Crippen LogP contribution < -0.4 is 0 Å². The minimum atomic E-state index is -0.784. The van der Waals surface area contributed by atoms with Gasteiger partial charge in [0.05, 0.1) is 0 Å². The lowest BCUT2D eigenvalue weighted by Crippen LogP contribution is -2.30. The van der Waals surface area contributed by atoms with Crippen molar-refractivity contribution in [1.29, 1.82) is 0 Å². The van der Waals surface area contributed by atoms with Crippen LogP contribution in [0.15, 0.2) is 48.6 Å². The van der Waals surface area contributed by atoms with Gasteiger partial charge in [-0.3, -0.25) is 14.4 Å². The smallest absolute Gasteiger partial charge is 0.306 e. The van der Waals surface area contributed by atoms with E-state index in [1.54, 1.807) is 0 Å². The molecule has 0 bridgehead atoms. The third-order valence-electron chi connectivity index (χ3n) is 9.63. The zero-order valence-corrected chi connectivity index (χ0v) is 35.5. The van der Waals surface area contributed by atoms with Crippen LogP contribution in [0.1, 0.15) is 220 Å². The number of hydrogen-bond donors (Lipinski definition) is 0. The molecule has 0 aromatic carbocycles. The number of allylic oxidation sites excluding steroid dienone is 8. The van der Waals surface area contributed by atoms with Crippen LogP contribution in [-0.2, 0) is 28.6 Å². The van der Waals surface area contributed by atoms with E-state index >= 15 is 0 Å². The van der Waals surface area contributed by atoms with Crippen molar-refractivity contribution in [2.75, 3.05) is 13.2 Å². The SMILES string of the molecule is CC\C=C/C=C\C=C/CCCCCCCC(=O)OCC(COC(=O)CCCCCCCCCCCC)OC(=O)CCCCC/C=C\CCCCCCCC. The average Bonchev–Trinajstić information content (AvgIpc) is 3.17. The monoisotopic (exact) mass is 757 g/mol. The fourth-order valence-corrected chi connectivity index (χ4v) is 6.20. The molecule has 0 aromatic rings. The van der Waals surface area contributed by atoms with Crippen LogP contribution in [-0.4, -0.2) is 37.2 Å². The molecule has 0 aliphatic carbocycles. The van der Waals surface area contributed by atoms with E-state index in [-0.39, 0.29) is 31.1 Å². The van der Waals surface area contributed by atoms with Crippen molar-refractivity contribution in [3.8, 4) is 0 Å². The van der Waals surface area contributed by atoms with Gasteiger partial charge < -0.3 is 14.2 Å². The van der Waals surface area contributed by atoms with Gasteiger partial charge in [0.2, 0.25) is 0 Å². The number of hydrogen-bond acceptors (Lipinski definition) is 6. The molecule has 0 aliphatic rings. The summed E-state index contributed by atoms with van der Waals surface area (Å²) in [6.45, 7) is 6.44. The van der Waals surface area contributed by atoms with Crippen LogP contribution in [0.4, 0.5) is 0 Å². The summed E-state index contributed by atoms with van der Waals surface area (Å²) in [5.41, 5.74) is 0. The molecule has 0 spiro atoms. The summed E-state index contributed by atoms with van der Waals surface area (Å²) in [5, 5.41) is 0. The first-order chi connectivity index (χ1) is 26.5. The van der Waals surface area contributed by atoms with E-state index < -0.39 is 6.10 Å². The van der Waals surface area contributed by atoms with Gasteiger partial charge in [-0.05, 0) is 64.2 Å². The molecule has 0 radical (unpaired) electrons. The maximum atomic E-state index is 12.7. The maximum absolute atomic E-state index is 12.7. The van der Waals surface area contributed by atoms with E-state index in [2.05, 4.69) is 69.4 Å². The molecule has 54 heavy (non-hydrogen) atoms. The van der Waals surface area contributed by atoms with Crippen molar-refractivity contribution in [3.05, 3.63) is 48.6 Å². The average molecular weight is 757 g/mol. The summed E-state index contributed by atoms with van der Waals surface area (Å²) < 4.78 is 16.7. The zero-order valence-electron chi connectivity index (χ0n) is 35.5. The third kappa shape index (κ3) is 40.6. The molecule has 0 heterocycles. The summed E-state index contributed by atoms with van der Waals surface area (Å²) in [6, 6.07) is 0. The van der Waals surface area contributed by atoms with Crippen molar-refractivity contribution in [2.24, 2.45) is 0 Å². The van der Waals surface area contributed by atoms with Gasteiger partial charge in [0.1, 0.15) is 13.2 Å². The Balaban J connectivity index is 4.42. The number of carbonyl (C=O) groups excluding carboxylic acids is 3. The Hall–Kier alpha value is -2.63. The van der Waals surface area contributed by atoms with E-state index in [4.69, 9.17) is 14.2 Å². The van der Waals surface area contributed by atoms with Crippen LogP contribution in [0.3, 0.4) is 0 Å². The molecule has 0 N–H and O–H groups in total. The summed E-state index contributed by atoms with van der Waals surface area (Å²) in [5.74, 6) is -0.925. The first kappa shape index (κ1) is 51.4. The summed E-state index contributed by atoms with van der Waals surface area (Å²) in [7, 11) is 0. The molecule has 0 fully saturated rings. The van der Waals surface area contributed by atoms with Crippen molar-refractivity contribution in [1.82, 2.24) is 0 Å². The van der Waals surface area contributed by atoms with Crippen LogP contribution in [0.2, 0.25) is 0 Å². The Kier molecular flexibility index (Phi) is 41.0. The quantitative estimate of drug-likeness (QED) is 0.0204. The highest BCUT2D eigenvalue weighted by Gasteiger charge is 2.19. The second kappa shape index (κ2) is 43.1. The van der Waals surface area contributed by atoms with E-state index in [1.165, 1.54) is 83.5 Å². The summed E-state index contributed by atoms with van der Waals surface area (Å²) in [6.07, 6.45) is 49.5. The molecule has 312 valence electrons. The number of esters is 3. The largest absolute Gasteiger partial charge is 0.462 e. The molecule has 1 atom stereocenters. The molecule has 0 saturated heterocycles. The zero-order chi connectivity index (χ0) is 39.4. The predicted octanol–water partition coefficient (Wildman–Crippen LogP) is 14.4. The van der Waals surface area contributed by atoms with Gasteiger partial charge in [0.25, 0.3) is 0 Å². The molecule has 0 aromatic heterocycles. The first-order valence-corrected chi connectivity index (χ1v) is 22.7. The van der Waals surface area contributed by atoms with Gasteiger partial charge in [-0.25, -0.2) is 0 Å². The van der Waals surface area contributed by atoms with Gasteiger partial charge in [-0.15, -0.1) is 0 Å². The van der Waals surface area contributed by atoms with E-state index in [0.29, 0.717) is 19.3 Å². The lowest BCUT2D eigenvalue weighted by molar-refractivity contribution is -0.167. The molecular formula is C48H84O6. The standard InChI is InChI=1S/C48H84O6/c1-4-7-10-13-16-19-22-24-26-29-32-35-38-41-47(50)53-44-45(43-52-46(49)40-37-34-31-28-21-18-15-12-9-6-3)54-48(51)42-39-36-33-30-27-25-23-20-17-14-11-8-5-2/h7,10,13,16,19,22,25,27,45H,4-6,8-9,11-12,14-15,17-18,20-21,23-24,26,28-44H2,1-3H3/b10-7-,16-13-,22-19-,27-25-. The number of unbranched alkanes of at least 4 members (excludes halogenated alkanes) is 23. The fourth-order valence-electron chi connectivity index (χ4n) is 6.20. The van der Waals surface area contributed by atoms with Crippen LogP contribution >= 0.6 is 0 Å². The minimum absolute atomic E-state index is 0.0846. The van der Waals surface area contributed by atoms with Crippen molar-refractivity contribution >= 4 is 17.9 Å². The summed E-state index contributed by atoms with van der Waals surface area (Å²) in [4.78, 5) is 37.7. The Morgan fingerprint density at radius 2 is 0.741 bits per heavy atom. The van der Waals surface area contributed by atoms with Gasteiger partial charge >= 0.3 is 17.9 Å². The van der Waals surface area contributed by atoms with Gasteiger partial charge in [0.15, 0.2) is 6.10 Å². The minimum Gasteiger partial charge on any atom is -0.462 e. The molecule has 6 nitrogen and oxygen atoms in total. The Labute approximate surface area is 333 Å². The molecular weight excluding hydrogens is 673 g/mol. The van der Waals surface area contributed by atoms with Gasteiger partial charge in [-0.2, -0.15) is 0 Å². The van der Waals surface area contributed by atoms with Crippen molar-refractivity contribution < 1.29 is 28.6 Å². The summed E-state index contributed by atoms with van der Waals surface area (Å²) >= 11 is 0. The molecule has 0 rings (SSSR count). The lowest BCUT2D eigenvalue weighted by Gasteiger charge is -2.18. The molecule has 1 unspecified atom stereocenters. The molecule has 0 saturated carbocycles. The molecule has 0 aliphatic heterocycles. The Morgan fingerprint density at radius 3 is 1.19 bits per heavy atom. The Morgan fingerprint density at radius 1 is 0.389 bits per heavy atom. The van der Waals surface area contributed by atoms with Gasteiger partial charge in [-0.1, -0.05) is 185 Å². The second-order valence-electron chi connectivity index (χ2n) is 15.0. The van der Waals surface area contributed by atoms with Crippen LogP contribution in [0.25, 0.3) is 0 Å². The number of ether oxygens (including phenoxy) is 3. The van der Waals surface area contributed by atoms with Crippen LogP contribution in [0.5, 0.6) is 0 Å². The third-order valence-corrected chi connectivity index (χ3v) is 9.63. The molecule has 0 amide bonds. The van der Waals surface area contributed by atoms with Crippen molar-refractivity contribution in [3.63, 3.8) is 0 Å². The van der Waals surface area contributed by atoms with Gasteiger partial charge in [0, 0.05) is 19.3 Å². The normalized spacial score (nSPS) is 12.4. The first-order valence-electron chi connectivity index (χ1n) is 22.7. The highest BCUT2D eigenvalue weighted by Crippen LogP contribution is 2.14.